The van der Waals surface area contributed by atoms with E-state index in [1.54, 1.807) is 13.2 Å². The van der Waals surface area contributed by atoms with Crippen molar-refractivity contribution in [1.29, 1.82) is 0 Å². The van der Waals surface area contributed by atoms with Crippen LogP contribution in [0.3, 0.4) is 0 Å². The van der Waals surface area contributed by atoms with Gasteiger partial charge in [0.1, 0.15) is 13.2 Å². The largest absolute Gasteiger partial charge is 0.493 e. The quantitative estimate of drug-likeness (QED) is 0.304. The number of hydrogen-bond donors (Lipinski definition) is 1. The predicted molar refractivity (Wildman–Crippen MR) is 142 cm³/mol. The highest BCUT2D eigenvalue weighted by atomic mass is 16.6. The van der Waals surface area contributed by atoms with Crippen molar-refractivity contribution in [3.8, 4) is 23.0 Å². The molecule has 0 saturated carbocycles. The third-order valence-corrected chi connectivity index (χ3v) is 6.45. The van der Waals surface area contributed by atoms with E-state index >= 15 is 0 Å². The molecule has 1 heterocycles. The molecule has 0 bridgehead atoms. The van der Waals surface area contributed by atoms with Crippen LogP contribution in [0.4, 0.5) is 0 Å². The number of fused-ring (bicyclic) bond motifs is 1. The summed E-state index contributed by atoms with van der Waals surface area (Å²) in [5.74, 6) is 1.15. The Morgan fingerprint density at radius 1 is 0.895 bits per heavy atom. The molecule has 0 fully saturated rings. The Kier molecular flexibility index (Phi) is 8.86. The minimum absolute atomic E-state index is 0.00340. The van der Waals surface area contributed by atoms with Crippen LogP contribution in [0.5, 0.6) is 23.0 Å². The summed E-state index contributed by atoms with van der Waals surface area (Å²) >= 11 is 0. The number of benzene rings is 3. The minimum Gasteiger partial charge on any atom is -0.493 e. The van der Waals surface area contributed by atoms with Crippen molar-refractivity contribution in [3.63, 3.8) is 0 Å². The molecule has 1 aliphatic heterocycles. The maximum Gasteiger partial charge on any atom is 0.308 e. The van der Waals surface area contributed by atoms with Crippen LogP contribution in [-0.4, -0.2) is 32.7 Å². The van der Waals surface area contributed by atoms with Crippen LogP contribution in [0.2, 0.25) is 0 Å². The number of carbonyl (C=O) groups excluding carboxylic acids is 2. The number of methoxy groups -OCH3 is 2. The first kappa shape index (κ1) is 27.0. The summed E-state index contributed by atoms with van der Waals surface area (Å²) in [5, 5.41) is 3.61. The molecule has 0 unspecified atom stereocenters. The number of ether oxygens (including phenoxy) is 5. The molecule has 3 aromatic carbocycles. The predicted octanol–water partition coefficient (Wildman–Crippen LogP) is 4.70. The van der Waals surface area contributed by atoms with Crippen molar-refractivity contribution in [1.82, 2.24) is 5.32 Å². The summed E-state index contributed by atoms with van der Waals surface area (Å²) < 4.78 is 28.1. The monoisotopic (exact) mass is 519 g/mol. The van der Waals surface area contributed by atoms with Gasteiger partial charge in [-0.05, 0) is 59.8 Å². The van der Waals surface area contributed by atoms with E-state index in [1.807, 2.05) is 48.5 Å². The first-order chi connectivity index (χ1) is 18.4. The summed E-state index contributed by atoms with van der Waals surface area (Å²) in [5.41, 5.74) is 4.93. The highest BCUT2D eigenvalue weighted by molar-refractivity contribution is 5.71. The van der Waals surface area contributed by atoms with Crippen LogP contribution in [-0.2, 0) is 40.4 Å². The van der Waals surface area contributed by atoms with E-state index in [9.17, 15) is 9.59 Å². The molecule has 1 atom stereocenters. The molecule has 1 N–H and O–H groups in total. The lowest BCUT2D eigenvalue weighted by molar-refractivity contribution is -0.142. The maximum atomic E-state index is 11.6. The third kappa shape index (κ3) is 6.44. The smallest absolute Gasteiger partial charge is 0.308 e. The minimum atomic E-state index is -0.464. The molecule has 0 radical (unpaired) electrons. The van der Waals surface area contributed by atoms with Gasteiger partial charge in [-0.15, -0.1) is 0 Å². The highest BCUT2D eigenvalue weighted by Crippen LogP contribution is 2.40. The van der Waals surface area contributed by atoms with E-state index < -0.39 is 11.9 Å². The van der Waals surface area contributed by atoms with Gasteiger partial charge < -0.3 is 29.0 Å². The summed E-state index contributed by atoms with van der Waals surface area (Å²) in [7, 11) is 3.15. The van der Waals surface area contributed by atoms with Crippen molar-refractivity contribution >= 4 is 11.9 Å². The van der Waals surface area contributed by atoms with Crippen LogP contribution in [0.25, 0.3) is 0 Å². The van der Waals surface area contributed by atoms with Crippen LogP contribution in [0, 0.1) is 0 Å². The normalized spacial score (nSPS) is 14.3. The van der Waals surface area contributed by atoms with Crippen LogP contribution >= 0.6 is 0 Å². The standard InChI is InChI=1S/C30H33NO7/c1-19(32)36-18-25-22(10-11-27(30(25)35-4)38-20(2)33)14-26-24-16-29(37-17-21-8-6-5-7-9-21)28(34-3)15-23(24)12-13-31-26/h5-11,15-16,26,31H,12-14,17-18H2,1-4H3/t26-/m1/s1. The lowest BCUT2D eigenvalue weighted by atomic mass is 9.88. The average Bonchev–Trinajstić information content (AvgIpc) is 2.91. The molecule has 0 amide bonds. The number of carbonyl (C=O) groups is 2. The summed E-state index contributed by atoms with van der Waals surface area (Å²) in [6.07, 6.45) is 1.45. The summed E-state index contributed by atoms with van der Waals surface area (Å²) in [4.78, 5) is 23.3. The molecule has 200 valence electrons. The fourth-order valence-electron chi connectivity index (χ4n) is 4.69. The molecular formula is C30H33NO7. The molecule has 8 heteroatoms. The van der Waals surface area contributed by atoms with Gasteiger partial charge in [0.05, 0.1) is 14.2 Å². The van der Waals surface area contributed by atoms with Gasteiger partial charge in [-0.25, -0.2) is 0 Å². The Hall–Kier alpha value is -4.04. The van der Waals surface area contributed by atoms with Gasteiger partial charge in [-0.3, -0.25) is 9.59 Å². The lowest BCUT2D eigenvalue weighted by Crippen LogP contribution is -2.31. The van der Waals surface area contributed by atoms with E-state index in [-0.39, 0.29) is 18.4 Å². The number of esters is 2. The molecule has 3 aromatic rings. The Morgan fingerprint density at radius 2 is 1.68 bits per heavy atom. The molecular weight excluding hydrogens is 486 g/mol. The van der Waals surface area contributed by atoms with E-state index in [1.165, 1.54) is 26.5 Å². The van der Waals surface area contributed by atoms with E-state index in [2.05, 4.69) is 5.32 Å². The average molecular weight is 520 g/mol. The third-order valence-electron chi connectivity index (χ3n) is 6.45. The molecule has 4 rings (SSSR count). The van der Waals surface area contributed by atoms with Crippen molar-refractivity contribution in [3.05, 3.63) is 82.4 Å². The fraction of sp³-hybridized carbons (Fsp3) is 0.333. The topological polar surface area (TPSA) is 92.3 Å². The van der Waals surface area contributed by atoms with E-state index in [0.29, 0.717) is 35.8 Å². The number of nitrogens with one attached hydrogen (secondary N) is 1. The maximum absolute atomic E-state index is 11.6. The first-order valence-corrected chi connectivity index (χ1v) is 12.5. The number of hydrogen-bond acceptors (Lipinski definition) is 8. The van der Waals surface area contributed by atoms with Gasteiger partial charge in [-0.2, -0.15) is 0 Å². The molecule has 8 nitrogen and oxygen atoms in total. The molecule has 38 heavy (non-hydrogen) atoms. The second-order valence-corrected chi connectivity index (χ2v) is 9.05. The van der Waals surface area contributed by atoms with Gasteiger partial charge in [0.25, 0.3) is 0 Å². The van der Waals surface area contributed by atoms with Crippen molar-refractivity contribution < 1.29 is 33.3 Å². The fourth-order valence-corrected chi connectivity index (χ4v) is 4.69. The van der Waals surface area contributed by atoms with E-state index in [0.717, 1.165) is 29.7 Å². The lowest BCUT2D eigenvalue weighted by Gasteiger charge is -2.29. The zero-order valence-corrected chi connectivity index (χ0v) is 22.2. The Balaban J connectivity index is 1.67. The van der Waals surface area contributed by atoms with Crippen LogP contribution in [0.15, 0.2) is 54.6 Å². The van der Waals surface area contributed by atoms with Crippen molar-refractivity contribution in [2.24, 2.45) is 0 Å². The zero-order chi connectivity index (χ0) is 27.1. The van der Waals surface area contributed by atoms with Crippen LogP contribution in [0.1, 0.15) is 47.7 Å². The summed E-state index contributed by atoms with van der Waals surface area (Å²) in [6, 6.07) is 17.6. The van der Waals surface area contributed by atoms with Gasteiger partial charge in [0, 0.05) is 25.5 Å². The molecule has 0 aromatic heterocycles. The van der Waals surface area contributed by atoms with Crippen LogP contribution < -0.4 is 24.3 Å². The van der Waals surface area contributed by atoms with Gasteiger partial charge in [-0.1, -0.05) is 36.4 Å². The summed E-state index contributed by atoms with van der Waals surface area (Å²) in [6.45, 7) is 3.90. The Bertz CT molecular complexity index is 1290. The van der Waals surface area contributed by atoms with Gasteiger partial charge in [0.15, 0.2) is 23.0 Å². The molecule has 0 spiro atoms. The number of rotatable bonds is 10. The van der Waals surface area contributed by atoms with E-state index in [4.69, 9.17) is 23.7 Å². The van der Waals surface area contributed by atoms with Crippen molar-refractivity contribution in [2.75, 3.05) is 20.8 Å². The molecule has 0 saturated heterocycles. The van der Waals surface area contributed by atoms with Gasteiger partial charge in [0.2, 0.25) is 0 Å². The molecule has 1 aliphatic rings. The second kappa shape index (κ2) is 12.5. The molecule has 0 aliphatic carbocycles. The second-order valence-electron chi connectivity index (χ2n) is 9.05. The highest BCUT2D eigenvalue weighted by Gasteiger charge is 2.26. The SMILES string of the molecule is COc1cc2c(cc1OCc1ccccc1)[C@@H](Cc1ccc(OC(C)=O)c(OC)c1COC(C)=O)NCC2. The van der Waals surface area contributed by atoms with Gasteiger partial charge >= 0.3 is 11.9 Å². The first-order valence-electron chi connectivity index (χ1n) is 12.5. The Morgan fingerprint density at radius 3 is 2.37 bits per heavy atom. The van der Waals surface area contributed by atoms with Crippen molar-refractivity contribution in [2.45, 2.75) is 45.9 Å². The zero-order valence-electron chi connectivity index (χ0n) is 22.2. The Labute approximate surface area is 222 Å².